The van der Waals surface area contributed by atoms with Gasteiger partial charge >= 0.3 is 5.97 Å². The molecule has 0 aliphatic carbocycles. The van der Waals surface area contributed by atoms with Gasteiger partial charge in [-0.2, -0.15) is 0 Å². The third-order valence-electron chi connectivity index (χ3n) is 3.82. The Morgan fingerprint density at radius 3 is 2.35 bits per heavy atom. The standard InChI is InChI=1S/C20H23NO5/c1-25-17-9-5-6-10-18(17)26-14-19(22)21-16(11-12-20(23)24)13-15-7-3-2-4-8-15/h2-10,16H,11-14H2,1H3,(H,21,22)(H,23,24). The van der Waals surface area contributed by atoms with Gasteiger partial charge in [0.25, 0.3) is 5.91 Å². The van der Waals surface area contributed by atoms with E-state index in [1.54, 1.807) is 18.2 Å². The third kappa shape index (κ3) is 6.47. The summed E-state index contributed by atoms with van der Waals surface area (Å²) in [5.74, 6) is -0.160. The van der Waals surface area contributed by atoms with Crippen LogP contribution in [0.5, 0.6) is 11.5 Å². The Hall–Kier alpha value is -3.02. The highest BCUT2D eigenvalue weighted by atomic mass is 16.5. The molecule has 1 atom stereocenters. The van der Waals surface area contributed by atoms with Gasteiger partial charge < -0.3 is 19.9 Å². The van der Waals surface area contributed by atoms with Gasteiger partial charge in [-0.1, -0.05) is 42.5 Å². The van der Waals surface area contributed by atoms with Crippen LogP contribution in [0.25, 0.3) is 0 Å². The first-order valence-electron chi connectivity index (χ1n) is 8.39. The van der Waals surface area contributed by atoms with Gasteiger partial charge in [0.05, 0.1) is 7.11 Å². The van der Waals surface area contributed by atoms with Gasteiger partial charge in [-0.05, 0) is 30.5 Å². The fourth-order valence-electron chi connectivity index (χ4n) is 2.57. The molecule has 6 heteroatoms. The smallest absolute Gasteiger partial charge is 0.303 e. The number of carbonyl (C=O) groups is 2. The minimum absolute atomic E-state index is 0.00878. The molecule has 0 heterocycles. The van der Waals surface area contributed by atoms with E-state index in [4.69, 9.17) is 14.6 Å². The monoisotopic (exact) mass is 357 g/mol. The highest BCUT2D eigenvalue weighted by Gasteiger charge is 2.16. The number of methoxy groups -OCH3 is 1. The number of carboxylic acid groups (broad SMARTS) is 1. The Morgan fingerprint density at radius 1 is 1.04 bits per heavy atom. The van der Waals surface area contributed by atoms with Crippen molar-refractivity contribution in [1.29, 1.82) is 0 Å². The number of aliphatic carboxylic acids is 1. The summed E-state index contributed by atoms with van der Waals surface area (Å²) >= 11 is 0. The molecule has 0 saturated carbocycles. The minimum Gasteiger partial charge on any atom is -0.493 e. The van der Waals surface area contributed by atoms with Crippen molar-refractivity contribution in [3.05, 3.63) is 60.2 Å². The lowest BCUT2D eigenvalue weighted by atomic mass is 10.0. The van der Waals surface area contributed by atoms with E-state index >= 15 is 0 Å². The van der Waals surface area contributed by atoms with E-state index in [1.165, 1.54) is 7.11 Å². The topological polar surface area (TPSA) is 84.9 Å². The Bertz CT molecular complexity index is 717. The molecule has 0 spiro atoms. The van der Waals surface area contributed by atoms with E-state index < -0.39 is 5.97 Å². The van der Waals surface area contributed by atoms with Gasteiger partial charge in [-0.15, -0.1) is 0 Å². The van der Waals surface area contributed by atoms with Gasteiger partial charge in [-0.25, -0.2) is 0 Å². The van der Waals surface area contributed by atoms with Crippen molar-refractivity contribution in [2.75, 3.05) is 13.7 Å². The number of amides is 1. The van der Waals surface area contributed by atoms with Crippen LogP contribution >= 0.6 is 0 Å². The van der Waals surface area contributed by atoms with E-state index in [0.29, 0.717) is 24.3 Å². The SMILES string of the molecule is COc1ccccc1OCC(=O)NC(CCC(=O)O)Cc1ccccc1. The van der Waals surface area contributed by atoms with E-state index in [9.17, 15) is 9.59 Å². The molecule has 0 fully saturated rings. The van der Waals surface area contributed by atoms with E-state index in [2.05, 4.69) is 5.32 Å². The summed E-state index contributed by atoms with van der Waals surface area (Å²) in [7, 11) is 1.53. The molecule has 0 aliphatic rings. The van der Waals surface area contributed by atoms with Gasteiger partial charge in [0.2, 0.25) is 0 Å². The van der Waals surface area contributed by atoms with Crippen molar-refractivity contribution in [2.24, 2.45) is 0 Å². The second kappa shape index (κ2) is 10.1. The summed E-state index contributed by atoms with van der Waals surface area (Å²) in [6.07, 6.45) is 0.907. The molecule has 0 saturated heterocycles. The zero-order chi connectivity index (χ0) is 18.8. The highest BCUT2D eigenvalue weighted by Crippen LogP contribution is 2.25. The predicted molar refractivity (Wildman–Crippen MR) is 97.4 cm³/mol. The maximum absolute atomic E-state index is 12.2. The second-order valence-corrected chi connectivity index (χ2v) is 5.83. The molecule has 0 bridgehead atoms. The molecule has 138 valence electrons. The van der Waals surface area contributed by atoms with E-state index in [0.717, 1.165) is 5.56 Å². The van der Waals surface area contributed by atoms with Crippen LogP contribution in [0.15, 0.2) is 54.6 Å². The number of hydrogen-bond acceptors (Lipinski definition) is 4. The second-order valence-electron chi connectivity index (χ2n) is 5.83. The first-order valence-corrected chi connectivity index (χ1v) is 8.39. The summed E-state index contributed by atoms with van der Waals surface area (Å²) < 4.78 is 10.7. The van der Waals surface area contributed by atoms with Crippen LogP contribution in [0.3, 0.4) is 0 Å². The summed E-state index contributed by atoms with van der Waals surface area (Å²) in [5, 5.41) is 11.8. The molecule has 0 aliphatic heterocycles. The highest BCUT2D eigenvalue weighted by molar-refractivity contribution is 5.78. The summed E-state index contributed by atoms with van der Waals surface area (Å²) in [5.41, 5.74) is 1.04. The lowest BCUT2D eigenvalue weighted by Crippen LogP contribution is -2.39. The van der Waals surface area contributed by atoms with Crippen LogP contribution in [-0.2, 0) is 16.0 Å². The largest absolute Gasteiger partial charge is 0.493 e. The lowest BCUT2D eigenvalue weighted by molar-refractivity contribution is -0.137. The zero-order valence-corrected chi connectivity index (χ0v) is 14.7. The average molecular weight is 357 g/mol. The lowest BCUT2D eigenvalue weighted by Gasteiger charge is -2.19. The Kier molecular flexibility index (Phi) is 7.49. The maximum atomic E-state index is 12.2. The number of benzene rings is 2. The molecule has 0 radical (unpaired) electrons. The molecule has 6 nitrogen and oxygen atoms in total. The molecule has 2 aromatic rings. The number of hydrogen-bond donors (Lipinski definition) is 2. The molecule has 1 unspecified atom stereocenters. The molecule has 2 N–H and O–H groups in total. The van der Waals surface area contributed by atoms with Crippen LogP contribution in [0.2, 0.25) is 0 Å². The van der Waals surface area contributed by atoms with Gasteiger partial charge in [0.1, 0.15) is 0 Å². The van der Waals surface area contributed by atoms with Gasteiger partial charge in [0, 0.05) is 12.5 Å². The maximum Gasteiger partial charge on any atom is 0.303 e. The normalized spacial score (nSPS) is 11.4. The molecule has 0 aromatic heterocycles. The van der Waals surface area contributed by atoms with Crippen LogP contribution in [0, 0.1) is 0 Å². The molecule has 2 aromatic carbocycles. The Labute approximate surface area is 152 Å². The number of ether oxygens (including phenoxy) is 2. The molecule has 26 heavy (non-hydrogen) atoms. The third-order valence-corrected chi connectivity index (χ3v) is 3.82. The van der Waals surface area contributed by atoms with Crippen molar-refractivity contribution in [3.63, 3.8) is 0 Å². The predicted octanol–water partition coefficient (Wildman–Crippen LogP) is 2.67. The van der Waals surface area contributed by atoms with Crippen molar-refractivity contribution >= 4 is 11.9 Å². The number of rotatable bonds is 10. The number of carbonyl (C=O) groups excluding carboxylic acids is 1. The minimum atomic E-state index is -0.886. The van der Waals surface area contributed by atoms with Crippen LogP contribution in [0.4, 0.5) is 0 Å². The Morgan fingerprint density at radius 2 is 1.69 bits per heavy atom. The van der Waals surface area contributed by atoms with Crippen molar-refractivity contribution in [3.8, 4) is 11.5 Å². The number of nitrogens with one attached hydrogen (secondary N) is 1. The number of para-hydroxylation sites is 2. The van der Waals surface area contributed by atoms with Crippen LogP contribution in [-0.4, -0.2) is 36.7 Å². The van der Waals surface area contributed by atoms with E-state index in [-0.39, 0.29) is 25.0 Å². The fraction of sp³-hybridized carbons (Fsp3) is 0.300. The van der Waals surface area contributed by atoms with Crippen molar-refractivity contribution in [2.45, 2.75) is 25.3 Å². The molecule has 2 rings (SSSR count). The average Bonchev–Trinajstić information content (AvgIpc) is 2.65. The fourth-order valence-corrected chi connectivity index (χ4v) is 2.57. The molecular formula is C20H23NO5. The van der Waals surface area contributed by atoms with Crippen LogP contribution < -0.4 is 14.8 Å². The summed E-state index contributed by atoms with van der Waals surface area (Å²) in [6.45, 7) is -0.168. The van der Waals surface area contributed by atoms with Gasteiger partial charge in [0.15, 0.2) is 18.1 Å². The molecular weight excluding hydrogens is 334 g/mol. The first-order chi connectivity index (χ1) is 12.6. The number of carboxylic acids is 1. The van der Waals surface area contributed by atoms with Gasteiger partial charge in [-0.3, -0.25) is 9.59 Å². The van der Waals surface area contributed by atoms with Crippen LogP contribution in [0.1, 0.15) is 18.4 Å². The summed E-state index contributed by atoms with van der Waals surface area (Å²) in [6, 6.07) is 16.4. The first kappa shape index (κ1) is 19.3. The van der Waals surface area contributed by atoms with Crippen molar-refractivity contribution < 1.29 is 24.2 Å². The van der Waals surface area contributed by atoms with E-state index in [1.807, 2.05) is 36.4 Å². The zero-order valence-electron chi connectivity index (χ0n) is 14.7. The van der Waals surface area contributed by atoms with Crippen molar-refractivity contribution in [1.82, 2.24) is 5.32 Å². The Balaban J connectivity index is 1.93. The summed E-state index contributed by atoms with van der Waals surface area (Å²) in [4.78, 5) is 23.1. The quantitative estimate of drug-likeness (QED) is 0.683. The molecule has 1 amide bonds.